The summed E-state index contributed by atoms with van der Waals surface area (Å²) in [6, 6.07) is 8.19. The zero-order chi connectivity index (χ0) is 16.9. The molecule has 1 heterocycles. The Morgan fingerprint density at radius 1 is 1.22 bits per heavy atom. The van der Waals surface area contributed by atoms with E-state index in [4.69, 9.17) is 0 Å². The maximum absolute atomic E-state index is 12.3. The molecule has 0 spiro atoms. The van der Waals surface area contributed by atoms with Crippen molar-refractivity contribution in [2.45, 2.75) is 46.6 Å². The Kier molecular flexibility index (Phi) is 5.83. The van der Waals surface area contributed by atoms with E-state index in [2.05, 4.69) is 49.0 Å². The first kappa shape index (κ1) is 17.5. The molecule has 0 atom stereocenters. The van der Waals surface area contributed by atoms with Crippen LogP contribution in [0.25, 0.3) is 10.9 Å². The molecule has 1 aromatic heterocycles. The van der Waals surface area contributed by atoms with Gasteiger partial charge in [0.25, 0.3) is 0 Å². The van der Waals surface area contributed by atoms with Gasteiger partial charge in [0.1, 0.15) is 0 Å². The summed E-state index contributed by atoms with van der Waals surface area (Å²) < 4.78 is 2.17. The number of hydrogen-bond acceptors (Lipinski definition) is 2. The zero-order valence-electron chi connectivity index (χ0n) is 14.4. The molecule has 1 amide bonds. The first-order chi connectivity index (χ1) is 11.1. The number of nitrogens with one attached hydrogen (secondary N) is 1. The van der Waals surface area contributed by atoms with Crippen molar-refractivity contribution in [3.05, 3.63) is 36.0 Å². The van der Waals surface area contributed by atoms with Crippen LogP contribution >= 0.6 is 0 Å². The van der Waals surface area contributed by atoms with Gasteiger partial charge in [0, 0.05) is 35.6 Å². The number of aliphatic hydroxyl groups is 1. The van der Waals surface area contributed by atoms with E-state index in [9.17, 15) is 9.90 Å². The van der Waals surface area contributed by atoms with Crippen LogP contribution in [-0.4, -0.2) is 28.7 Å². The van der Waals surface area contributed by atoms with Crippen molar-refractivity contribution in [1.29, 1.82) is 0 Å². The highest BCUT2D eigenvalue weighted by Crippen LogP contribution is 2.25. The van der Waals surface area contributed by atoms with Crippen LogP contribution in [0.4, 0.5) is 0 Å². The molecule has 0 aliphatic heterocycles. The number of aryl methyl sites for hydroxylation is 1. The van der Waals surface area contributed by atoms with Crippen molar-refractivity contribution >= 4 is 16.8 Å². The van der Waals surface area contributed by atoms with E-state index in [1.54, 1.807) is 0 Å². The third kappa shape index (κ3) is 3.75. The van der Waals surface area contributed by atoms with E-state index >= 15 is 0 Å². The lowest BCUT2D eigenvalue weighted by Crippen LogP contribution is -2.39. The fourth-order valence-corrected chi connectivity index (χ4v) is 3.03. The van der Waals surface area contributed by atoms with E-state index in [1.807, 2.05) is 12.1 Å². The van der Waals surface area contributed by atoms with Gasteiger partial charge in [-0.25, -0.2) is 0 Å². The van der Waals surface area contributed by atoms with Gasteiger partial charge in [-0.1, -0.05) is 32.0 Å². The number of benzene rings is 1. The van der Waals surface area contributed by atoms with Crippen molar-refractivity contribution < 1.29 is 9.90 Å². The summed E-state index contributed by atoms with van der Waals surface area (Å²) in [7, 11) is 0. The predicted molar refractivity (Wildman–Crippen MR) is 94.4 cm³/mol. The highest BCUT2D eigenvalue weighted by atomic mass is 16.3. The molecule has 126 valence electrons. The second kappa shape index (κ2) is 7.64. The number of aliphatic hydroxyl groups excluding tert-OH is 1. The molecule has 0 bridgehead atoms. The molecule has 4 nitrogen and oxygen atoms in total. The number of hydrogen-bond donors (Lipinski definition) is 2. The van der Waals surface area contributed by atoms with Gasteiger partial charge in [-0.2, -0.15) is 0 Å². The summed E-state index contributed by atoms with van der Waals surface area (Å²) in [5.41, 5.74) is 2.03. The highest BCUT2D eigenvalue weighted by molar-refractivity contribution is 5.89. The van der Waals surface area contributed by atoms with E-state index in [0.29, 0.717) is 13.0 Å². The van der Waals surface area contributed by atoms with E-state index in [-0.39, 0.29) is 17.9 Å². The molecule has 4 heteroatoms. The Bertz CT molecular complexity index is 648. The molecule has 0 aliphatic carbocycles. The van der Waals surface area contributed by atoms with E-state index < -0.39 is 0 Å². The van der Waals surface area contributed by atoms with Crippen molar-refractivity contribution in [3.8, 4) is 0 Å². The number of carbonyl (C=O) groups is 1. The first-order valence-corrected chi connectivity index (χ1v) is 8.53. The third-order valence-electron chi connectivity index (χ3n) is 5.06. The summed E-state index contributed by atoms with van der Waals surface area (Å²) in [6.45, 7) is 7.74. The molecule has 0 fully saturated rings. The Balaban J connectivity index is 2.09. The second-order valence-electron chi connectivity index (χ2n) is 6.28. The summed E-state index contributed by atoms with van der Waals surface area (Å²) in [5, 5.41) is 13.8. The minimum absolute atomic E-state index is 0.0173. The van der Waals surface area contributed by atoms with E-state index in [1.165, 1.54) is 5.52 Å². The number of fused-ring (bicyclic) bond motifs is 1. The van der Waals surface area contributed by atoms with Gasteiger partial charge in [0.15, 0.2) is 0 Å². The van der Waals surface area contributed by atoms with Gasteiger partial charge < -0.3 is 15.0 Å². The molecule has 2 rings (SSSR count). The molecule has 0 saturated carbocycles. The van der Waals surface area contributed by atoms with Gasteiger partial charge in [-0.3, -0.25) is 4.79 Å². The van der Waals surface area contributed by atoms with Crippen molar-refractivity contribution in [2.75, 3.05) is 13.2 Å². The molecule has 0 unspecified atom stereocenters. The maximum atomic E-state index is 12.3. The number of aromatic nitrogens is 1. The topological polar surface area (TPSA) is 54.3 Å². The standard InChI is InChI=1S/C19H28N2O2/c1-4-19(5-2,14-22)13-20-18(23)11-15-12-21(6-3)17-10-8-7-9-16(15)17/h7-10,12,22H,4-6,11,13-14H2,1-3H3,(H,20,23). The number of para-hydroxylation sites is 1. The van der Waals surface area contributed by atoms with Gasteiger partial charge in [-0.15, -0.1) is 0 Å². The normalized spacial score (nSPS) is 11.8. The molecule has 2 aromatic rings. The number of rotatable bonds is 8. The lowest BCUT2D eigenvalue weighted by Gasteiger charge is -2.29. The molecule has 2 N–H and O–H groups in total. The molecule has 0 saturated heterocycles. The molecule has 23 heavy (non-hydrogen) atoms. The minimum Gasteiger partial charge on any atom is -0.396 e. The van der Waals surface area contributed by atoms with Gasteiger partial charge in [0.05, 0.1) is 13.0 Å². The predicted octanol–water partition coefficient (Wildman–Crippen LogP) is 3.12. The van der Waals surface area contributed by atoms with E-state index in [0.717, 1.165) is 30.3 Å². The summed E-state index contributed by atoms with van der Waals surface area (Å²) in [6.07, 6.45) is 4.16. The Labute approximate surface area is 138 Å². The SMILES string of the molecule is CCn1cc(CC(=O)NCC(CC)(CC)CO)c2ccccc21. The lowest BCUT2D eigenvalue weighted by molar-refractivity contribution is -0.121. The average molecular weight is 316 g/mol. The van der Waals surface area contributed by atoms with Crippen LogP contribution in [0.5, 0.6) is 0 Å². The number of amides is 1. The fourth-order valence-electron chi connectivity index (χ4n) is 3.03. The van der Waals surface area contributed by atoms with Gasteiger partial charge in [0.2, 0.25) is 5.91 Å². The van der Waals surface area contributed by atoms with Crippen molar-refractivity contribution in [1.82, 2.24) is 9.88 Å². The zero-order valence-corrected chi connectivity index (χ0v) is 14.4. The number of nitrogens with zero attached hydrogens (tertiary/aromatic N) is 1. The van der Waals surface area contributed by atoms with Crippen molar-refractivity contribution in [2.24, 2.45) is 5.41 Å². The monoisotopic (exact) mass is 316 g/mol. The second-order valence-corrected chi connectivity index (χ2v) is 6.28. The third-order valence-corrected chi connectivity index (χ3v) is 5.06. The Hall–Kier alpha value is -1.81. The first-order valence-electron chi connectivity index (χ1n) is 8.53. The largest absolute Gasteiger partial charge is 0.396 e. The summed E-state index contributed by atoms with van der Waals surface area (Å²) in [5.74, 6) is 0.0173. The quantitative estimate of drug-likeness (QED) is 0.786. The Morgan fingerprint density at radius 3 is 2.52 bits per heavy atom. The molecule has 0 aliphatic rings. The van der Waals surface area contributed by atoms with Crippen LogP contribution in [0, 0.1) is 5.41 Å². The maximum Gasteiger partial charge on any atom is 0.224 e. The molecular weight excluding hydrogens is 288 g/mol. The van der Waals surface area contributed by atoms with Crippen LogP contribution in [-0.2, 0) is 17.8 Å². The van der Waals surface area contributed by atoms with Crippen LogP contribution in [0.3, 0.4) is 0 Å². The van der Waals surface area contributed by atoms with Crippen LogP contribution in [0.15, 0.2) is 30.5 Å². The Morgan fingerprint density at radius 2 is 1.91 bits per heavy atom. The van der Waals surface area contributed by atoms with Crippen LogP contribution in [0.1, 0.15) is 39.2 Å². The average Bonchev–Trinajstić information content (AvgIpc) is 2.95. The van der Waals surface area contributed by atoms with Crippen LogP contribution in [0.2, 0.25) is 0 Å². The lowest BCUT2D eigenvalue weighted by atomic mass is 9.83. The molecule has 1 aromatic carbocycles. The molecule has 0 radical (unpaired) electrons. The summed E-state index contributed by atoms with van der Waals surface area (Å²) >= 11 is 0. The van der Waals surface area contributed by atoms with Crippen LogP contribution < -0.4 is 5.32 Å². The summed E-state index contributed by atoms with van der Waals surface area (Å²) in [4.78, 5) is 12.3. The van der Waals surface area contributed by atoms with Crippen molar-refractivity contribution in [3.63, 3.8) is 0 Å². The number of carbonyl (C=O) groups excluding carboxylic acids is 1. The minimum atomic E-state index is -0.201. The van der Waals surface area contributed by atoms with Gasteiger partial charge in [-0.05, 0) is 31.4 Å². The smallest absolute Gasteiger partial charge is 0.224 e. The fraction of sp³-hybridized carbons (Fsp3) is 0.526. The highest BCUT2D eigenvalue weighted by Gasteiger charge is 2.25. The molecular formula is C19H28N2O2. The van der Waals surface area contributed by atoms with Gasteiger partial charge >= 0.3 is 0 Å².